The molecule has 0 aliphatic carbocycles. The Morgan fingerprint density at radius 3 is 1.72 bits per heavy atom. The zero-order valence-electron chi connectivity index (χ0n) is 26.3. The first kappa shape index (κ1) is 38.4. The summed E-state index contributed by atoms with van der Waals surface area (Å²) in [6, 6.07) is 0. The van der Waals surface area contributed by atoms with E-state index in [9.17, 15) is 45.0 Å². The van der Waals surface area contributed by atoms with Crippen molar-refractivity contribution in [1.82, 2.24) is 15.5 Å². The molecule has 0 spiro atoms. The van der Waals surface area contributed by atoms with Gasteiger partial charge in [-0.3, -0.25) is 14.4 Å². The second kappa shape index (κ2) is 18.5. The van der Waals surface area contributed by atoms with Crippen molar-refractivity contribution < 1.29 is 69.1 Å². The van der Waals surface area contributed by atoms with Gasteiger partial charge in [-0.15, -0.1) is 0 Å². The summed E-state index contributed by atoms with van der Waals surface area (Å²) in [6.07, 6.45) is -9.83. The summed E-state index contributed by atoms with van der Waals surface area (Å²) in [5, 5.41) is 74.2. The van der Waals surface area contributed by atoms with Gasteiger partial charge in [0, 0.05) is 26.1 Å². The number of hydrogen-bond acceptors (Lipinski definition) is 14. The predicted molar refractivity (Wildman–Crippen MR) is 157 cm³/mol. The minimum atomic E-state index is -1.48. The molecular weight excluding hydrogens is 614 g/mol. The summed E-state index contributed by atoms with van der Waals surface area (Å²) in [6.45, 7) is 4.47. The van der Waals surface area contributed by atoms with Crippen LogP contribution in [0, 0.1) is 11.8 Å². The Balaban J connectivity index is 1.50. The van der Waals surface area contributed by atoms with Crippen LogP contribution in [0.2, 0.25) is 0 Å². The lowest BCUT2D eigenvalue weighted by atomic mass is 9.83. The highest BCUT2D eigenvalue weighted by molar-refractivity contribution is 5.88. The lowest BCUT2D eigenvalue weighted by Gasteiger charge is -2.39. The molecule has 0 unspecified atom stereocenters. The van der Waals surface area contributed by atoms with E-state index < -0.39 is 79.2 Å². The summed E-state index contributed by atoms with van der Waals surface area (Å²) < 4.78 is 21.8. The molecule has 3 saturated heterocycles. The molecule has 0 saturated carbocycles. The van der Waals surface area contributed by atoms with Crippen molar-refractivity contribution in [2.75, 3.05) is 45.9 Å². The highest BCUT2D eigenvalue weighted by Crippen LogP contribution is 2.26. The van der Waals surface area contributed by atoms with E-state index >= 15 is 0 Å². The molecule has 3 rings (SSSR count). The second-order valence-electron chi connectivity index (χ2n) is 12.2. The number of ether oxygens (including phenoxy) is 4. The number of aliphatic hydroxyl groups is 6. The van der Waals surface area contributed by atoms with Gasteiger partial charge in [0.05, 0.1) is 37.3 Å². The van der Waals surface area contributed by atoms with Crippen LogP contribution in [-0.4, -0.2) is 166 Å². The van der Waals surface area contributed by atoms with Crippen molar-refractivity contribution in [3.63, 3.8) is 0 Å². The van der Waals surface area contributed by atoms with Gasteiger partial charge in [-0.05, 0) is 46.2 Å². The molecule has 0 bridgehead atoms. The lowest BCUT2D eigenvalue weighted by molar-refractivity contribution is -0.292. The number of carbonyl (C=O) groups excluding carboxylic acids is 2. The molecule has 3 heterocycles. The van der Waals surface area contributed by atoms with Crippen LogP contribution in [0.3, 0.4) is 0 Å². The topological polar surface area (TPSA) is 257 Å². The number of nitrogens with one attached hydrogen (secondary N) is 2. The van der Waals surface area contributed by atoms with Crippen LogP contribution in [0.4, 0.5) is 0 Å². The fourth-order valence-corrected chi connectivity index (χ4v) is 5.85. The number of aliphatic hydroxyl groups excluding tert-OH is 6. The van der Waals surface area contributed by atoms with Crippen LogP contribution in [0.25, 0.3) is 0 Å². The summed E-state index contributed by atoms with van der Waals surface area (Å²) >= 11 is 0. The van der Waals surface area contributed by atoms with Crippen molar-refractivity contribution in [1.29, 1.82) is 0 Å². The Morgan fingerprint density at radius 1 is 0.717 bits per heavy atom. The Hall–Kier alpha value is -2.03. The molecule has 46 heavy (non-hydrogen) atoms. The van der Waals surface area contributed by atoms with Gasteiger partial charge in [0.1, 0.15) is 36.6 Å². The summed E-state index contributed by atoms with van der Waals surface area (Å²) in [5.41, 5.74) is 0. The molecule has 3 aliphatic heterocycles. The number of likely N-dealkylation sites (tertiary alicyclic amines) is 1. The third-order valence-corrected chi connectivity index (χ3v) is 8.72. The molecule has 3 fully saturated rings. The number of unbranched alkanes of at least 4 members (excludes halogenated alkanes) is 2. The number of piperidine rings is 1. The van der Waals surface area contributed by atoms with Gasteiger partial charge in [0.2, 0.25) is 11.8 Å². The van der Waals surface area contributed by atoms with Gasteiger partial charge in [-0.2, -0.15) is 0 Å². The van der Waals surface area contributed by atoms with E-state index in [-0.39, 0.29) is 44.5 Å². The molecule has 2 amide bonds. The standard InChI is InChI=1S/C29H51N3O14/c1-15-20(35)22(37)24(39)28(45-15)43-12-8-30-26(41)17-7-11-32(10-5-3-4-6-19(33)34)14-18(17)27(42)31-9-13-44-29-25(40)23(38)21(36)16(2)46-29/h15-18,20-25,28-29,35-40H,3-14H2,1-2H3,(H,30,41)(H,31,42)(H,33,34)/t15-,16-,17+,18-,20+,21+,22+,23+,24-,25-,28+,29+/m0/s1. The molecule has 3 aliphatic rings. The van der Waals surface area contributed by atoms with Crippen LogP contribution in [-0.2, 0) is 33.3 Å². The minimum Gasteiger partial charge on any atom is -0.481 e. The molecule has 9 N–H and O–H groups in total. The van der Waals surface area contributed by atoms with E-state index in [0.717, 1.165) is 6.42 Å². The summed E-state index contributed by atoms with van der Waals surface area (Å²) in [7, 11) is 0. The first-order valence-electron chi connectivity index (χ1n) is 15.9. The molecule has 0 aromatic carbocycles. The Bertz CT molecular complexity index is 977. The summed E-state index contributed by atoms with van der Waals surface area (Å²) in [5.74, 6) is -2.99. The molecule has 17 nitrogen and oxygen atoms in total. The van der Waals surface area contributed by atoms with Gasteiger partial charge < -0.3 is 70.2 Å². The molecule has 12 atom stereocenters. The van der Waals surface area contributed by atoms with Crippen molar-refractivity contribution in [2.45, 2.75) is 107 Å². The zero-order chi connectivity index (χ0) is 34.0. The monoisotopic (exact) mass is 665 g/mol. The Kier molecular flexibility index (Phi) is 15.4. The quantitative estimate of drug-likeness (QED) is 0.0725. The lowest BCUT2D eigenvalue weighted by Crippen LogP contribution is -2.57. The first-order valence-corrected chi connectivity index (χ1v) is 15.9. The predicted octanol–water partition coefficient (Wildman–Crippen LogP) is -3.51. The van der Waals surface area contributed by atoms with Crippen molar-refractivity contribution in [3.8, 4) is 0 Å². The third kappa shape index (κ3) is 10.7. The largest absolute Gasteiger partial charge is 0.481 e. The van der Waals surface area contributed by atoms with E-state index in [4.69, 9.17) is 24.1 Å². The molecular formula is C29H51N3O14. The van der Waals surface area contributed by atoms with Crippen molar-refractivity contribution in [2.24, 2.45) is 11.8 Å². The number of nitrogens with zero attached hydrogens (tertiary/aromatic N) is 1. The molecule has 0 aromatic rings. The number of amides is 2. The van der Waals surface area contributed by atoms with E-state index in [2.05, 4.69) is 15.5 Å². The molecule has 0 aromatic heterocycles. The number of hydrogen-bond donors (Lipinski definition) is 9. The number of rotatable bonds is 16. The second-order valence-corrected chi connectivity index (χ2v) is 12.2. The highest BCUT2D eigenvalue weighted by Gasteiger charge is 2.44. The van der Waals surface area contributed by atoms with E-state index in [1.165, 1.54) is 13.8 Å². The maximum atomic E-state index is 13.3. The van der Waals surface area contributed by atoms with Crippen LogP contribution >= 0.6 is 0 Å². The average Bonchev–Trinajstić information content (AvgIpc) is 3.03. The fraction of sp³-hybridized carbons (Fsp3) is 0.897. The van der Waals surface area contributed by atoms with Gasteiger partial charge in [-0.1, -0.05) is 6.42 Å². The van der Waals surface area contributed by atoms with Crippen molar-refractivity contribution in [3.05, 3.63) is 0 Å². The number of carbonyl (C=O) groups is 3. The number of aliphatic carboxylic acids is 1. The minimum absolute atomic E-state index is 0.0228. The van der Waals surface area contributed by atoms with E-state index in [0.29, 0.717) is 38.9 Å². The average molecular weight is 666 g/mol. The van der Waals surface area contributed by atoms with Gasteiger partial charge in [0.25, 0.3) is 0 Å². The first-order chi connectivity index (χ1) is 21.8. The number of carboxylic acids is 1. The zero-order valence-corrected chi connectivity index (χ0v) is 26.3. The van der Waals surface area contributed by atoms with Gasteiger partial charge >= 0.3 is 5.97 Å². The maximum absolute atomic E-state index is 13.3. The van der Waals surface area contributed by atoms with Crippen LogP contribution < -0.4 is 10.6 Å². The van der Waals surface area contributed by atoms with Gasteiger partial charge in [-0.25, -0.2) is 0 Å². The Labute approximate surface area is 267 Å². The molecule has 0 radical (unpaired) electrons. The SMILES string of the molecule is C[C@@H]1O[C@@H](OCCNC(=O)[C@H]2CN(CCCCCC(=O)O)CC[C@H]2C(=O)NCCO[C@@H]2O[C@@H](C)[C@@H](O)[C@@H](O)[C@@H]2O)[C@@H](O)[C@H](O)[C@@H]1O. The summed E-state index contributed by atoms with van der Waals surface area (Å²) in [4.78, 5) is 39.4. The Morgan fingerprint density at radius 2 is 1.22 bits per heavy atom. The molecule has 266 valence electrons. The van der Waals surface area contributed by atoms with E-state index in [1.54, 1.807) is 0 Å². The highest BCUT2D eigenvalue weighted by atomic mass is 16.7. The van der Waals surface area contributed by atoms with Gasteiger partial charge in [0.15, 0.2) is 12.6 Å². The van der Waals surface area contributed by atoms with E-state index in [1.807, 2.05) is 0 Å². The smallest absolute Gasteiger partial charge is 0.303 e. The van der Waals surface area contributed by atoms with Crippen molar-refractivity contribution >= 4 is 17.8 Å². The van der Waals surface area contributed by atoms with Crippen LogP contribution in [0.15, 0.2) is 0 Å². The number of carboxylic acid groups (broad SMARTS) is 1. The maximum Gasteiger partial charge on any atom is 0.303 e. The molecule has 17 heteroatoms. The fourth-order valence-electron chi connectivity index (χ4n) is 5.85. The third-order valence-electron chi connectivity index (χ3n) is 8.72. The normalized spacial score (nSPS) is 37.0. The van der Waals surface area contributed by atoms with Crippen LogP contribution in [0.1, 0.15) is 46.0 Å². The van der Waals surface area contributed by atoms with Crippen LogP contribution in [0.5, 0.6) is 0 Å².